The van der Waals surface area contributed by atoms with Gasteiger partial charge in [-0.3, -0.25) is 9.79 Å². The summed E-state index contributed by atoms with van der Waals surface area (Å²) in [7, 11) is 1.63. The van der Waals surface area contributed by atoms with Crippen LogP contribution in [0.1, 0.15) is 36.9 Å². The Hall–Kier alpha value is -2.02. The predicted molar refractivity (Wildman–Crippen MR) is 88.2 cm³/mol. The van der Waals surface area contributed by atoms with Gasteiger partial charge in [0, 0.05) is 20.1 Å². The molecule has 0 aromatic carbocycles. The summed E-state index contributed by atoms with van der Waals surface area (Å²) < 4.78 is 5.38. The van der Waals surface area contributed by atoms with E-state index in [2.05, 4.69) is 15.6 Å². The van der Waals surface area contributed by atoms with Crippen molar-refractivity contribution in [3.05, 3.63) is 23.7 Å². The normalized spacial score (nSPS) is 17.0. The van der Waals surface area contributed by atoms with E-state index < -0.39 is 6.10 Å². The molecule has 1 aromatic heterocycles. The Bertz CT molecular complexity index is 535. The standard InChI is InChI=1S/C16H26N4O3/c1-12-6-7-14(23-12)13(21)10-18-16(17-2)19-11-15(22)20-8-4-3-5-9-20/h6-7,13,21H,3-5,8-11H2,1-2H3,(H2,17,18,19). The molecule has 128 valence electrons. The Kier molecular flexibility index (Phi) is 6.46. The summed E-state index contributed by atoms with van der Waals surface area (Å²) in [6.45, 7) is 3.96. The monoisotopic (exact) mass is 322 g/mol. The fourth-order valence-electron chi connectivity index (χ4n) is 2.56. The Balaban J connectivity index is 1.73. The number of carbonyl (C=O) groups excluding carboxylic acids is 1. The smallest absolute Gasteiger partial charge is 0.241 e. The number of aliphatic hydroxyl groups is 1. The van der Waals surface area contributed by atoms with E-state index in [-0.39, 0.29) is 19.0 Å². The van der Waals surface area contributed by atoms with Gasteiger partial charge in [0.2, 0.25) is 5.91 Å². The number of aryl methyl sites for hydroxylation is 1. The average Bonchev–Trinajstić information content (AvgIpc) is 3.02. The first-order valence-corrected chi connectivity index (χ1v) is 8.07. The quantitative estimate of drug-likeness (QED) is 0.551. The lowest BCUT2D eigenvalue weighted by Gasteiger charge is -2.27. The first-order valence-electron chi connectivity index (χ1n) is 8.07. The number of hydrogen-bond donors (Lipinski definition) is 3. The maximum Gasteiger partial charge on any atom is 0.241 e. The molecule has 1 aliphatic rings. The summed E-state index contributed by atoms with van der Waals surface area (Å²) in [5, 5.41) is 16.0. The number of carbonyl (C=O) groups is 1. The highest BCUT2D eigenvalue weighted by molar-refractivity contribution is 5.86. The minimum Gasteiger partial charge on any atom is -0.464 e. The minimum atomic E-state index is -0.764. The van der Waals surface area contributed by atoms with Crippen molar-refractivity contribution >= 4 is 11.9 Å². The van der Waals surface area contributed by atoms with Gasteiger partial charge in [-0.05, 0) is 38.3 Å². The molecule has 1 saturated heterocycles. The molecule has 23 heavy (non-hydrogen) atoms. The molecule has 0 radical (unpaired) electrons. The molecule has 2 rings (SSSR count). The van der Waals surface area contributed by atoms with E-state index in [1.165, 1.54) is 6.42 Å². The van der Waals surface area contributed by atoms with Crippen molar-refractivity contribution in [3.63, 3.8) is 0 Å². The fraction of sp³-hybridized carbons (Fsp3) is 0.625. The van der Waals surface area contributed by atoms with Crippen LogP contribution in [0.15, 0.2) is 21.5 Å². The molecular weight excluding hydrogens is 296 g/mol. The van der Waals surface area contributed by atoms with Crippen LogP contribution in [0.4, 0.5) is 0 Å². The van der Waals surface area contributed by atoms with Crippen molar-refractivity contribution in [2.24, 2.45) is 4.99 Å². The number of aliphatic imine (C=N–C) groups is 1. The topological polar surface area (TPSA) is 90.1 Å². The summed E-state index contributed by atoms with van der Waals surface area (Å²) >= 11 is 0. The third-order valence-electron chi connectivity index (χ3n) is 3.89. The molecular formula is C16H26N4O3. The maximum absolute atomic E-state index is 12.1. The van der Waals surface area contributed by atoms with Crippen LogP contribution in [0.25, 0.3) is 0 Å². The summed E-state index contributed by atoms with van der Waals surface area (Å²) in [5.41, 5.74) is 0. The van der Waals surface area contributed by atoms with Crippen LogP contribution in [0, 0.1) is 6.92 Å². The van der Waals surface area contributed by atoms with Crippen LogP contribution in [-0.2, 0) is 4.79 Å². The number of hydrogen-bond acceptors (Lipinski definition) is 4. The lowest BCUT2D eigenvalue weighted by atomic mass is 10.1. The van der Waals surface area contributed by atoms with E-state index >= 15 is 0 Å². The minimum absolute atomic E-state index is 0.0786. The molecule has 0 bridgehead atoms. The third kappa shape index (κ3) is 5.28. The zero-order chi connectivity index (χ0) is 16.7. The molecule has 1 fully saturated rings. The predicted octanol–water partition coefficient (Wildman–Crippen LogP) is 0.799. The largest absolute Gasteiger partial charge is 0.464 e. The Morgan fingerprint density at radius 1 is 1.35 bits per heavy atom. The fourth-order valence-corrected chi connectivity index (χ4v) is 2.56. The highest BCUT2D eigenvalue weighted by atomic mass is 16.4. The van der Waals surface area contributed by atoms with Gasteiger partial charge in [-0.1, -0.05) is 0 Å². The lowest BCUT2D eigenvalue weighted by molar-refractivity contribution is -0.130. The number of likely N-dealkylation sites (tertiary alicyclic amines) is 1. The Labute approximate surface area is 136 Å². The van der Waals surface area contributed by atoms with Crippen molar-refractivity contribution in [1.29, 1.82) is 0 Å². The maximum atomic E-state index is 12.1. The number of furan rings is 1. The first kappa shape index (κ1) is 17.3. The number of aliphatic hydroxyl groups excluding tert-OH is 1. The highest BCUT2D eigenvalue weighted by Gasteiger charge is 2.17. The molecule has 1 aromatic rings. The highest BCUT2D eigenvalue weighted by Crippen LogP contribution is 2.14. The summed E-state index contributed by atoms with van der Waals surface area (Å²) in [5.74, 6) is 1.83. The second-order valence-corrected chi connectivity index (χ2v) is 5.71. The van der Waals surface area contributed by atoms with Gasteiger partial charge in [0.25, 0.3) is 0 Å². The van der Waals surface area contributed by atoms with Crippen LogP contribution in [0.3, 0.4) is 0 Å². The SMILES string of the molecule is CN=C(NCC(=O)N1CCCCC1)NCC(O)c1ccc(C)o1. The molecule has 1 unspecified atom stereocenters. The van der Waals surface area contributed by atoms with Crippen molar-refractivity contribution in [2.75, 3.05) is 33.2 Å². The van der Waals surface area contributed by atoms with Gasteiger partial charge in [0.05, 0.1) is 13.1 Å². The molecule has 1 amide bonds. The van der Waals surface area contributed by atoms with E-state index in [0.29, 0.717) is 11.7 Å². The number of guanidine groups is 1. The third-order valence-corrected chi connectivity index (χ3v) is 3.89. The van der Waals surface area contributed by atoms with Crippen molar-refractivity contribution in [3.8, 4) is 0 Å². The summed E-state index contributed by atoms with van der Waals surface area (Å²) in [4.78, 5) is 18.0. The van der Waals surface area contributed by atoms with E-state index in [1.54, 1.807) is 13.1 Å². The molecule has 3 N–H and O–H groups in total. The van der Waals surface area contributed by atoms with Crippen LogP contribution in [0.5, 0.6) is 0 Å². The van der Waals surface area contributed by atoms with Gasteiger partial charge < -0.3 is 25.1 Å². The molecule has 7 nitrogen and oxygen atoms in total. The molecule has 1 atom stereocenters. The van der Waals surface area contributed by atoms with Crippen molar-refractivity contribution in [2.45, 2.75) is 32.3 Å². The lowest BCUT2D eigenvalue weighted by Crippen LogP contribution is -2.46. The first-order chi connectivity index (χ1) is 11.1. The van der Waals surface area contributed by atoms with Crippen molar-refractivity contribution < 1.29 is 14.3 Å². The van der Waals surface area contributed by atoms with Gasteiger partial charge in [-0.15, -0.1) is 0 Å². The molecule has 2 heterocycles. The van der Waals surface area contributed by atoms with Gasteiger partial charge in [0.1, 0.15) is 17.6 Å². The van der Waals surface area contributed by atoms with E-state index in [0.717, 1.165) is 31.7 Å². The van der Waals surface area contributed by atoms with Gasteiger partial charge in [-0.2, -0.15) is 0 Å². The van der Waals surface area contributed by atoms with Crippen molar-refractivity contribution in [1.82, 2.24) is 15.5 Å². The second kappa shape index (κ2) is 8.57. The zero-order valence-electron chi connectivity index (χ0n) is 13.8. The van der Waals surface area contributed by atoms with E-state index in [1.807, 2.05) is 17.9 Å². The molecule has 7 heteroatoms. The number of amides is 1. The number of nitrogens with zero attached hydrogens (tertiary/aromatic N) is 2. The Morgan fingerprint density at radius 3 is 2.70 bits per heavy atom. The number of rotatable bonds is 5. The Morgan fingerprint density at radius 2 is 2.09 bits per heavy atom. The van der Waals surface area contributed by atoms with E-state index in [4.69, 9.17) is 4.42 Å². The van der Waals surface area contributed by atoms with Crippen LogP contribution in [-0.4, -0.2) is 55.1 Å². The molecule has 0 saturated carbocycles. The zero-order valence-corrected chi connectivity index (χ0v) is 13.8. The van der Waals surface area contributed by atoms with Gasteiger partial charge in [0.15, 0.2) is 5.96 Å². The van der Waals surface area contributed by atoms with Gasteiger partial charge >= 0.3 is 0 Å². The molecule has 0 aliphatic carbocycles. The second-order valence-electron chi connectivity index (χ2n) is 5.71. The van der Waals surface area contributed by atoms with Gasteiger partial charge in [-0.25, -0.2) is 0 Å². The van der Waals surface area contributed by atoms with Crippen LogP contribution in [0.2, 0.25) is 0 Å². The molecule has 1 aliphatic heterocycles. The number of nitrogens with one attached hydrogen (secondary N) is 2. The molecule has 0 spiro atoms. The summed E-state index contributed by atoms with van der Waals surface area (Å²) in [6, 6.07) is 3.56. The number of piperidine rings is 1. The summed E-state index contributed by atoms with van der Waals surface area (Å²) in [6.07, 6.45) is 2.59. The average molecular weight is 322 g/mol. The van der Waals surface area contributed by atoms with E-state index in [9.17, 15) is 9.90 Å². The van der Waals surface area contributed by atoms with Crippen LogP contribution >= 0.6 is 0 Å². The van der Waals surface area contributed by atoms with Crippen LogP contribution < -0.4 is 10.6 Å².